The molecule has 1 N–H and O–H groups in total. The number of amides is 1. The molecule has 0 aliphatic carbocycles. The molecule has 0 saturated carbocycles. The van der Waals surface area contributed by atoms with Crippen molar-refractivity contribution in [1.29, 1.82) is 0 Å². The van der Waals surface area contributed by atoms with Gasteiger partial charge in [0, 0.05) is 28.9 Å². The van der Waals surface area contributed by atoms with E-state index in [9.17, 15) is 26.4 Å². The summed E-state index contributed by atoms with van der Waals surface area (Å²) < 4.78 is 63.1. The van der Waals surface area contributed by atoms with E-state index in [1.807, 2.05) is 0 Å². The zero-order chi connectivity index (χ0) is 22.4. The van der Waals surface area contributed by atoms with Gasteiger partial charge >= 0.3 is 6.18 Å². The van der Waals surface area contributed by atoms with Crippen molar-refractivity contribution < 1.29 is 26.4 Å². The standard InChI is InChI=1S/C18H18F3N5O3S/c1-9-5-6-12(30(4,28)29)7-14(9)23-15(27)8-13-10(2)22-17-24-16(18(19,20)21)25-26(17)11(13)3/h5-7H,8H2,1-4H3,(H,23,27). The maximum atomic E-state index is 12.9. The topological polar surface area (TPSA) is 106 Å². The number of rotatable bonds is 4. The quantitative estimate of drug-likeness (QED) is 0.667. The minimum Gasteiger partial charge on any atom is -0.326 e. The Labute approximate surface area is 170 Å². The van der Waals surface area contributed by atoms with E-state index in [0.717, 1.165) is 10.8 Å². The lowest BCUT2D eigenvalue weighted by molar-refractivity contribution is -0.144. The number of aryl methyl sites for hydroxylation is 3. The fourth-order valence-corrected chi connectivity index (χ4v) is 3.55. The molecule has 0 radical (unpaired) electrons. The van der Waals surface area contributed by atoms with Gasteiger partial charge in [0.15, 0.2) is 9.84 Å². The average molecular weight is 441 g/mol. The molecule has 0 spiro atoms. The van der Waals surface area contributed by atoms with Crippen LogP contribution in [0.25, 0.3) is 5.78 Å². The van der Waals surface area contributed by atoms with Gasteiger partial charge in [-0.05, 0) is 38.5 Å². The van der Waals surface area contributed by atoms with Gasteiger partial charge in [-0.25, -0.2) is 17.9 Å². The highest BCUT2D eigenvalue weighted by Gasteiger charge is 2.37. The van der Waals surface area contributed by atoms with E-state index in [-0.39, 0.29) is 17.1 Å². The molecule has 2 aromatic heterocycles. The van der Waals surface area contributed by atoms with Crippen LogP contribution in [0.4, 0.5) is 18.9 Å². The predicted octanol–water partition coefficient (Wildman–Crippen LogP) is 2.65. The Morgan fingerprint density at radius 1 is 1.17 bits per heavy atom. The summed E-state index contributed by atoms with van der Waals surface area (Å²) in [4.78, 5) is 20.1. The maximum Gasteiger partial charge on any atom is 0.453 e. The molecule has 0 atom stereocenters. The van der Waals surface area contributed by atoms with Gasteiger partial charge in [0.1, 0.15) is 0 Å². The van der Waals surface area contributed by atoms with Gasteiger partial charge < -0.3 is 5.32 Å². The smallest absolute Gasteiger partial charge is 0.326 e. The number of nitrogens with one attached hydrogen (secondary N) is 1. The first-order valence-corrected chi connectivity index (χ1v) is 10.6. The maximum absolute atomic E-state index is 12.9. The summed E-state index contributed by atoms with van der Waals surface area (Å²) in [5.41, 5.74) is 2.03. The molecule has 30 heavy (non-hydrogen) atoms. The first-order valence-electron chi connectivity index (χ1n) is 8.68. The minimum atomic E-state index is -4.71. The number of hydrogen-bond donors (Lipinski definition) is 1. The molecule has 3 rings (SSSR count). The third-order valence-corrected chi connectivity index (χ3v) is 5.66. The van der Waals surface area contributed by atoms with Crippen molar-refractivity contribution >= 4 is 27.2 Å². The van der Waals surface area contributed by atoms with E-state index in [1.165, 1.54) is 19.1 Å². The van der Waals surface area contributed by atoms with Crippen LogP contribution in [0.5, 0.6) is 0 Å². The summed E-state index contributed by atoms with van der Waals surface area (Å²) in [6.45, 7) is 4.79. The average Bonchev–Trinajstić information content (AvgIpc) is 3.04. The van der Waals surface area contributed by atoms with Crippen LogP contribution < -0.4 is 5.32 Å². The zero-order valence-electron chi connectivity index (χ0n) is 16.5. The number of carbonyl (C=O) groups excluding carboxylic acids is 1. The van der Waals surface area contributed by atoms with Crippen LogP contribution in [-0.2, 0) is 27.2 Å². The van der Waals surface area contributed by atoms with Gasteiger partial charge in [-0.1, -0.05) is 6.07 Å². The Morgan fingerprint density at radius 2 is 1.83 bits per heavy atom. The molecule has 0 fully saturated rings. The summed E-state index contributed by atoms with van der Waals surface area (Å²) in [6.07, 6.45) is -3.84. The highest BCUT2D eigenvalue weighted by molar-refractivity contribution is 7.90. The van der Waals surface area contributed by atoms with Crippen LogP contribution in [0.15, 0.2) is 23.1 Å². The lowest BCUT2D eigenvalue weighted by Gasteiger charge is -2.13. The Hall–Kier alpha value is -3.02. The van der Waals surface area contributed by atoms with Crippen molar-refractivity contribution in [2.24, 2.45) is 0 Å². The molecule has 0 unspecified atom stereocenters. The molecule has 12 heteroatoms. The zero-order valence-corrected chi connectivity index (χ0v) is 17.3. The summed E-state index contributed by atoms with van der Waals surface area (Å²) in [7, 11) is -3.46. The van der Waals surface area contributed by atoms with E-state index in [2.05, 4.69) is 20.4 Å². The third kappa shape index (κ3) is 4.27. The number of benzene rings is 1. The molecule has 160 valence electrons. The highest BCUT2D eigenvalue weighted by Crippen LogP contribution is 2.27. The summed E-state index contributed by atoms with van der Waals surface area (Å²) in [5.74, 6) is -2.00. The lowest BCUT2D eigenvalue weighted by Crippen LogP contribution is -2.18. The molecule has 0 aliphatic heterocycles. The van der Waals surface area contributed by atoms with E-state index >= 15 is 0 Å². The van der Waals surface area contributed by atoms with E-state index in [4.69, 9.17) is 0 Å². The Kier molecular flexibility index (Phi) is 5.31. The molecule has 8 nitrogen and oxygen atoms in total. The monoisotopic (exact) mass is 441 g/mol. The summed E-state index contributed by atoms with van der Waals surface area (Å²) >= 11 is 0. The number of nitrogens with zero attached hydrogens (tertiary/aromatic N) is 4. The van der Waals surface area contributed by atoms with Crippen LogP contribution in [-0.4, -0.2) is 40.2 Å². The van der Waals surface area contributed by atoms with Crippen molar-refractivity contribution in [3.63, 3.8) is 0 Å². The van der Waals surface area contributed by atoms with Crippen molar-refractivity contribution in [2.75, 3.05) is 11.6 Å². The first-order chi connectivity index (χ1) is 13.8. The van der Waals surface area contributed by atoms with Crippen LogP contribution in [0, 0.1) is 20.8 Å². The van der Waals surface area contributed by atoms with E-state index < -0.39 is 27.7 Å². The molecular weight excluding hydrogens is 423 g/mol. The van der Waals surface area contributed by atoms with Crippen molar-refractivity contribution in [2.45, 2.75) is 38.3 Å². The number of sulfone groups is 1. The van der Waals surface area contributed by atoms with Crippen LogP contribution in [0.3, 0.4) is 0 Å². The number of alkyl halides is 3. The number of anilines is 1. The number of hydrogen-bond acceptors (Lipinski definition) is 6. The van der Waals surface area contributed by atoms with Gasteiger partial charge in [0.25, 0.3) is 11.6 Å². The number of halogens is 3. The number of aromatic nitrogens is 4. The highest BCUT2D eigenvalue weighted by atomic mass is 32.2. The van der Waals surface area contributed by atoms with Gasteiger partial charge in [0.2, 0.25) is 5.91 Å². The molecule has 0 saturated heterocycles. The largest absolute Gasteiger partial charge is 0.453 e. The minimum absolute atomic E-state index is 0.0566. The SMILES string of the molecule is Cc1ccc(S(C)(=O)=O)cc1NC(=O)Cc1c(C)nc2nc(C(F)(F)F)nn2c1C. The first kappa shape index (κ1) is 21.7. The van der Waals surface area contributed by atoms with Crippen LogP contribution >= 0.6 is 0 Å². The van der Waals surface area contributed by atoms with E-state index in [0.29, 0.717) is 28.2 Å². The molecule has 0 aliphatic rings. The van der Waals surface area contributed by atoms with Gasteiger partial charge in [-0.2, -0.15) is 18.2 Å². The van der Waals surface area contributed by atoms with Crippen molar-refractivity contribution in [3.05, 3.63) is 46.5 Å². The fourth-order valence-electron chi connectivity index (χ4n) is 2.91. The van der Waals surface area contributed by atoms with Crippen LogP contribution in [0.2, 0.25) is 0 Å². The molecule has 2 heterocycles. The van der Waals surface area contributed by atoms with Gasteiger partial charge in [-0.3, -0.25) is 4.79 Å². The Morgan fingerprint density at radius 3 is 2.43 bits per heavy atom. The lowest BCUT2D eigenvalue weighted by atomic mass is 10.1. The molecular formula is C18H18F3N5O3S. The molecule has 1 amide bonds. The fraction of sp³-hybridized carbons (Fsp3) is 0.333. The Bertz CT molecular complexity index is 1270. The number of carbonyl (C=O) groups is 1. The second-order valence-corrected chi connectivity index (χ2v) is 8.90. The third-order valence-electron chi connectivity index (χ3n) is 4.55. The summed E-state index contributed by atoms with van der Waals surface area (Å²) in [5, 5.41) is 6.10. The normalized spacial score (nSPS) is 12.4. The Balaban J connectivity index is 1.92. The molecule has 3 aromatic rings. The van der Waals surface area contributed by atoms with E-state index in [1.54, 1.807) is 19.9 Å². The number of fused-ring (bicyclic) bond motifs is 1. The molecule has 0 bridgehead atoms. The predicted molar refractivity (Wildman–Crippen MR) is 102 cm³/mol. The van der Waals surface area contributed by atoms with Crippen molar-refractivity contribution in [1.82, 2.24) is 19.6 Å². The second-order valence-electron chi connectivity index (χ2n) is 6.88. The summed E-state index contributed by atoms with van der Waals surface area (Å²) in [6, 6.07) is 4.37. The second kappa shape index (κ2) is 7.35. The molecule has 1 aromatic carbocycles. The van der Waals surface area contributed by atoms with Gasteiger partial charge in [0.05, 0.1) is 11.3 Å². The van der Waals surface area contributed by atoms with Crippen molar-refractivity contribution in [3.8, 4) is 0 Å². The van der Waals surface area contributed by atoms with Gasteiger partial charge in [-0.15, -0.1) is 5.10 Å². The van der Waals surface area contributed by atoms with Crippen LogP contribution in [0.1, 0.15) is 28.3 Å².